The molecular formula is C13H24N6O2. The zero-order chi connectivity index (χ0) is 15.5. The average molecular weight is 296 g/mol. The van der Waals surface area contributed by atoms with Crippen molar-refractivity contribution in [2.45, 2.75) is 39.5 Å². The number of hydrogen-bond donors (Lipinski definition) is 3. The lowest BCUT2D eigenvalue weighted by Gasteiger charge is -2.10. The first kappa shape index (κ1) is 16.9. The number of primary amides is 1. The molecule has 0 aliphatic rings. The highest BCUT2D eigenvalue weighted by Crippen LogP contribution is 2.11. The first-order chi connectivity index (χ1) is 10.2. The molecule has 0 aliphatic heterocycles. The van der Waals surface area contributed by atoms with Crippen LogP contribution in [0.15, 0.2) is 0 Å². The Morgan fingerprint density at radius 3 is 2.33 bits per heavy atom. The molecule has 8 heteroatoms. The maximum Gasteiger partial charge on any atom is 0.323 e. The Bertz CT molecular complexity index is 414. The highest BCUT2D eigenvalue weighted by Gasteiger charge is 2.07. The molecule has 21 heavy (non-hydrogen) atoms. The summed E-state index contributed by atoms with van der Waals surface area (Å²) in [5, 5.41) is 6.15. The Hall–Kier alpha value is -2.12. The first-order valence-corrected chi connectivity index (χ1v) is 7.30. The molecule has 0 radical (unpaired) electrons. The summed E-state index contributed by atoms with van der Waals surface area (Å²) in [5.41, 5.74) is 5.09. The van der Waals surface area contributed by atoms with E-state index in [9.17, 15) is 4.79 Å². The van der Waals surface area contributed by atoms with Gasteiger partial charge < -0.3 is 21.1 Å². The topological polar surface area (TPSA) is 115 Å². The van der Waals surface area contributed by atoms with Crippen molar-refractivity contribution >= 4 is 17.8 Å². The van der Waals surface area contributed by atoms with Crippen molar-refractivity contribution in [1.82, 2.24) is 15.0 Å². The van der Waals surface area contributed by atoms with E-state index in [1.807, 2.05) is 6.92 Å². The summed E-state index contributed by atoms with van der Waals surface area (Å²) in [6.07, 6.45) is 2.81. The van der Waals surface area contributed by atoms with Crippen LogP contribution in [0.25, 0.3) is 0 Å². The van der Waals surface area contributed by atoms with E-state index in [1.54, 1.807) is 0 Å². The molecule has 1 amide bonds. The number of nitrogens with one attached hydrogen (secondary N) is 2. The number of aromatic nitrogens is 3. The Balaban J connectivity index is 2.63. The van der Waals surface area contributed by atoms with Gasteiger partial charge in [0.1, 0.15) is 0 Å². The predicted molar refractivity (Wildman–Crippen MR) is 81.3 cm³/mol. The van der Waals surface area contributed by atoms with Crippen LogP contribution in [0.1, 0.15) is 39.5 Å². The Morgan fingerprint density at radius 2 is 1.76 bits per heavy atom. The van der Waals surface area contributed by atoms with Gasteiger partial charge in [-0.15, -0.1) is 0 Å². The zero-order valence-electron chi connectivity index (χ0n) is 12.7. The number of anilines is 2. The normalized spacial score (nSPS) is 10.2. The summed E-state index contributed by atoms with van der Waals surface area (Å²) in [4.78, 5) is 23.3. The van der Waals surface area contributed by atoms with E-state index < -0.39 is 0 Å². The van der Waals surface area contributed by atoms with Crippen LogP contribution >= 0.6 is 0 Å². The minimum atomic E-state index is -0.315. The van der Waals surface area contributed by atoms with E-state index in [0.717, 1.165) is 19.4 Å². The maximum absolute atomic E-state index is 10.7. The minimum absolute atomic E-state index is 0.294. The molecule has 4 N–H and O–H groups in total. The van der Waals surface area contributed by atoms with Gasteiger partial charge in [-0.1, -0.05) is 13.8 Å². The van der Waals surface area contributed by atoms with Crippen LogP contribution in [-0.2, 0) is 4.79 Å². The molecule has 0 saturated carbocycles. The third-order valence-corrected chi connectivity index (χ3v) is 2.47. The number of ether oxygens (including phenoxy) is 1. The Labute approximate surface area is 124 Å². The van der Waals surface area contributed by atoms with Crippen molar-refractivity contribution in [2.75, 3.05) is 30.3 Å². The Morgan fingerprint density at radius 1 is 1.10 bits per heavy atom. The molecule has 0 unspecified atom stereocenters. The fourth-order valence-corrected chi connectivity index (χ4v) is 1.47. The van der Waals surface area contributed by atoms with Crippen LogP contribution in [0.5, 0.6) is 6.01 Å². The number of carbonyl (C=O) groups is 1. The van der Waals surface area contributed by atoms with E-state index in [4.69, 9.17) is 10.5 Å². The molecule has 0 fully saturated rings. The third kappa shape index (κ3) is 7.28. The molecule has 0 spiro atoms. The van der Waals surface area contributed by atoms with Crippen LogP contribution in [-0.4, -0.2) is 40.6 Å². The molecule has 0 bridgehead atoms. The number of carbonyl (C=O) groups excluding carboxylic acids is 1. The SMILES string of the molecule is CCCNc1nc(NCCCC(N)=O)nc(OCCC)n1. The van der Waals surface area contributed by atoms with E-state index in [1.165, 1.54) is 0 Å². The van der Waals surface area contributed by atoms with Gasteiger partial charge in [-0.3, -0.25) is 4.79 Å². The molecule has 1 heterocycles. The van der Waals surface area contributed by atoms with Gasteiger partial charge in [0.2, 0.25) is 17.8 Å². The third-order valence-electron chi connectivity index (χ3n) is 2.47. The van der Waals surface area contributed by atoms with Crippen LogP contribution < -0.4 is 21.1 Å². The van der Waals surface area contributed by atoms with Crippen molar-refractivity contribution in [1.29, 1.82) is 0 Å². The van der Waals surface area contributed by atoms with E-state index in [-0.39, 0.29) is 5.91 Å². The lowest BCUT2D eigenvalue weighted by Crippen LogP contribution is -2.15. The number of nitrogens with two attached hydrogens (primary N) is 1. The second kappa shape index (κ2) is 9.73. The minimum Gasteiger partial charge on any atom is -0.463 e. The smallest absolute Gasteiger partial charge is 0.323 e. The summed E-state index contributed by atoms with van der Waals surface area (Å²) in [7, 11) is 0. The monoisotopic (exact) mass is 296 g/mol. The second-order valence-corrected chi connectivity index (χ2v) is 4.54. The summed E-state index contributed by atoms with van der Waals surface area (Å²) in [6, 6.07) is 0.294. The van der Waals surface area contributed by atoms with Gasteiger partial charge in [-0.05, 0) is 19.3 Å². The van der Waals surface area contributed by atoms with Crippen molar-refractivity contribution in [2.24, 2.45) is 5.73 Å². The zero-order valence-corrected chi connectivity index (χ0v) is 12.7. The summed E-state index contributed by atoms with van der Waals surface area (Å²) in [5.74, 6) is 0.597. The highest BCUT2D eigenvalue weighted by atomic mass is 16.5. The number of rotatable bonds is 11. The van der Waals surface area contributed by atoms with Crippen molar-refractivity contribution < 1.29 is 9.53 Å². The predicted octanol–water partition coefficient (Wildman–Crippen LogP) is 1.16. The molecule has 1 rings (SSSR count). The number of nitrogens with zero attached hydrogens (tertiary/aromatic N) is 3. The number of hydrogen-bond acceptors (Lipinski definition) is 7. The van der Waals surface area contributed by atoms with Gasteiger partial charge in [-0.2, -0.15) is 15.0 Å². The molecule has 1 aromatic rings. The van der Waals surface area contributed by atoms with Crippen LogP contribution in [0, 0.1) is 0 Å². The van der Waals surface area contributed by atoms with Gasteiger partial charge in [0, 0.05) is 19.5 Å². The molecule has 8 nitrogen and oxygen atoms in total. The largest absolute Gasteiger partial charge is 0.463 e. The van der Waals surface area contributed by atoms with Crippen LogP contribution in [0.2, 0.25) is 0 Å². The van der Waals surface area contributed by atoms with E-state index >= 15 is 0 Å². The molecule has 1 aromatic heterocycles. The van der Waals surface area contributed by atoms with E-state index in [2.05, 4.69) is 32.5 Å². The fraction of sp³-hybridized carbons (Fsp3) is 0.692. The van der Waals surface area contributed by atoms with E-state index in [0.29, 0.717) is 43.9 Å². The molecule has 118 valence electrons. The van der Waals surface area contributed by atoms with Crippen LogP contribution in [0.3, 0.4) is 0 Å². The van der Waals surface area contributed by atoms with Crippen molar-refractivity contribution in [3.63, 3.8) is 0 Å². The van der Waals surface area contributed by atoms with Gasteiger partial charge >= 0.3 is 6.01 Å². The molecule has 0 atom stereocenters. The fourth-order valence-electron chi connectivity index (χ4n) is 1.47. The van der Waals surface area contributed by atoms with Crippen LogP contribution in [0.4, 0.5) is 11.9 Å². The molecular weight excluding hydrogens is 272 g/mol. The highest BCUT2D eigenvalue weighted by molar-refractivity contribution is 5.73. The molecule has 0 aromatic carbocycles. The molecule has 0 saturated heterocycles. The van der Waals surface area contributed by atoms with Crippen molar-refractivity contribution in [3.8, 4) is 6.01 Å². The lowest BCUT2D eigenvalue weighted by atomic mass is 10.3. The first-order valence-electron chi connectivity index (χ1n) is 7.30. The Kier molecular flexibility index (Phi) is 7.85. The van der Waals surface area contributed by atoms with Gasteiger partial charge in [0.25, 0.3) is 0 Å². The van der Waals surface area contributed by atoms with Crippen molar-refractivity contribution in [3.05, 3.63) is 0 Å². The number of amides is 1. The van der Waals surface area contributed by atoms with Gasteiger partial charge in [-0.25, -0.2) is 0 Å². The van der Waals surface area contributed by atoms with Gasteiger partial charge in [0.05, 0.1) is 6.61 Å². The second-order valence-electron chi connectivity index (χ2n) is 4.54. The van der Waals surface area contributed by atoms with Gasteiger partial charge in [0.15, 0.2) is 0 Å². The standard InChI is InChI=1S/C13H24N6O2/c1-3-7-15-11-17-12(16-8-5-6-10(14)20)19-13(18-11)21-9-4-2/h3-9H2,1-2H3,(H2,14,20)(H2,15,16,17,18,19). The average Bonchev–Trinajstić information content (AvgIpc) is 2.47. The maximum atomic E-state index is 10.7. The molecule has 0 aliphatic carbocycles. The summed E-state index contributed by atoms with van der Waals surface area (Å²) < 4.78 is 5.44. The lowest BCUT2D eigenvalue weighted by molar-refractivity contribution is -0.118. The summed E-state index contributed by atoms with van der Waals surface area (Å²) in [6.45, 7) is 5.97. The quantitative estimate of drug-likeness (QED) is 0.525. The summed E-state index contributed by atoms with van der Waals surface area (Å²) >= 11 is 0.